The molecule has 0 aliphatic heterocycles. The molecule has 0 aliphatic carbocycles. The van der Waals surface area contributed by atoms with Gasteiger partial charge in [0.25, 0.3) is 5.56 Å². The number of nitrogens with zero attached hydrogens (tertiary/aromatic N) is 6. The lowest BCUT2D eigenvalue weighted by molar-refractivity contribution is 0.384. The van der Waals surface area contributed by atoms with Crippen LogP contribution in [0.3, 0.4) is 0 Å². The van der Waals surface area contributed by atoms with Gasteiger partial charge in [0.15, 0.2) is 11.0 Å². The van der Waals surface area contributed by atoms with Crippen molar-refractivity contribution in [1.29, 1.82) is 0 Å². The van der Waals surface area contributed by atoms with Crippen molar-refractivity contribution in [3.05, 3.63) is 46.3 Å². The second kappa shape index (κ2) is 6.91. The molecular weight excluding hydrogens is 352 g/mol. The maximum atomic E-state index is 12.5. The highest BCUT2D eigenvalue weighted by Gasteiger charge is 2.16. The number of aromatic nitrogens is 6. The summed E-state index contributed by atoms with van der Waals surface area (Å²) in [5, 5.41) is 13.7. The van der Waals surface area contributed by atoms with Gasteiger partial charge in [-0.15, -0.1) is 10.2 Å². The third-order valence-corrected chi connectivity index (χ3v) is 5.10. The molecule has 0 saturated heterocycles. The first-order valence-corrected chi connectivity index (χ1v) is 9.44. The van der Waals surface area contributed by atoms with E-state index >= 15 is 0 Å². The van der Waals surface area contributed by atoms with Gasteiger partial charge in [-0.3, -0.25) is 13.8 Å². The van der Waals surface area contributed by atoms with Gasteiger partial charge in [0.05, 0.1) is 16.7 Å². The fraction of sp³-hybridized carbons (Fsp3) is 0.353. The molecule has 0 N–H and O–H groups in total. The minimum Gasteiger partial charge on any atom is -0.338 e. The zero-order valence-electron chi connectivity index (χ0n) is 14.5. The molecule has 0 radical (unpaired) electrons. The number of thioether (sulfide) groups is 1. The Kier molecular flexibility index (Phi) is 4.46. The molecule has 0 atom stereocenters. The standard InChI is InChI=1S/C17H18N6O2S/c1-3-4-9-13-18-14(25-21-13)10-26-17-20-19-16-22(2)15(24)11-7-5-6-8-12(11)23(16)17/h5-8H,3-4,9-10H2,1-2H3. The number of hydrogen-bond acceptors (Lipinski definition) is 7. The van der Waals surface area contributed by atoms with E-state index in [1.165, 1.54) is 16.3 Å². The monoisotopic (exact) mass is 370 g/mol. The molecule has 4 aromatic rings. The summed E-state index contributed by atoms with van der Waals surface area (Å²) in [4.78, 5) is 16.9. The van der Waals surface area contributed by atoms with Crippen LogP contribution in [0.15, 0.2) is 38.7 Å². The Labute approximate surface area is 153 Å². The van der Waals surface area contributed by atoms with E-state index < -0.39 is 0 Å². The smallest absolute Gasteiger partial charge is 0.262 e. The van der Waals surface area contributed by atoms with Gasteiger partial charge < -0.3 is 4.52 Å². The van der Waals surface area contributed by atoms with Crippen LogP contribution >= 0.6 is 11.8 Å². The van der Waals surface area contributed by atoms with Crippen LogP contribution in [-0.4, -0.2) is 29.3 Å². The average Bonchev–Trinajstić information content (AvgIpc) is 3.29. The van der Waals surface area contributed by atoms with Gasteiger partial charge in [-0.25, -0.2) is 0 Å². The number of rotatable bonds is 6. The third kappa shape index (κ3) is 2.88. The lowest BCUT2D eigenvalue weighted by atomic mass is 10.2. The minimum absolute atomic E-state index is 0.0884. The highest BCUT2D eigenvalue weighted by molar-refractivity contribution is 7.98. The molecule has 0 spiro atoms. The van der Waals surface area contributed by atoms with Gasteiger partial charge in [-0.05, 0) is 18.6 Å². The number of unbranched alkanes of at least 4 members (excludes halogenated alkanes) is 1. The van der Waals surface area contributed by atoms with Crippen molar-refractivity contribution >= 4 is 28.4 Å². The van der Waals surface area contributed by atoms with Crippen molar-refractivity contribution in [3.63, 3.8) is 0 Å². The van der Waals surface area contributed by atoms with Crippen LogP contribution in [0.1, 0.15) is 31.5 Å². The Morgan fingerprint density at radius 1 is 1.23 bits per heavy atom. The second-order valence-electron chi connectivity index (χ2n) is 6.00. The summed E-state index contributed by atoms with van der Waals surface area (Å²) in [5.41, 5.74) is 0.696. The summed E-state index contributed by atoms with van der Waals surface area (Å²) in [7, 11) is 1.70. The van der Waals surface area contributed by atoms with E-state index in [1.807, 2.05) is 28.7 Å². The summed E-state index contributed by atoms with van der Waals surface area (Å²) < 4.78 is 8.70. The number of aryl methyl sites for hydroxylation is 2. The van der Waals surface area contributed by atoms with Gasteiger partial charge >= 0.3 is 0 Å². The molecule has 0 amide bonds. The predicted molar refractivity (Wildman–Crippen MR) is 98.2 cm³/mol. The quantitative estimate of drug-likeness (QED) is 0.482. The second-order valence-corrected chi connectivity index (χ2v) is 6.94. The SMILES string of the molecule is CCCCc1noc(CSc2nnc3n(C)c(=O)c4ccccc4n23)n1. The summed E-state index contributed by atoms with van der Waals surface area (Å²) in [6.45, 7) is 2.13. The van der Waals surface area contributed by atoms with Crippen LogP contribution in [0.25, 0.3) is 16.7 Å². The van der Waals surface area contributed by atoms with Crippen molar-refractivity contribution in [2.75, 3.05) is 0 Å². The number of fused-ring (bicyclic) bond motifs is 3. The summed E-state index contributed by atoms with van der Waals surface area (Å²) >= 11 is 1.45. The van der Waals surface area contributed by atoms with Gasteiger partial charge in [0.1, 0.15) is 0 Å². The third-order valence-electron chi connectivity index (χ3n) is 4.19. The Bertz CT molecular complexity index is 1130. The van der Waals surface area contributed by atoms with Crippen LogP contribution in [0.4, 0.5) is 0 Å². The van der Waals surface area contributed by atoms with Crippen LogP contribution < -0.4 is 5.56 Å². The zero-order valence-corrected chi connectivity index (χ0v) is 15.4. The van der Waals surface area contributed by atoms with Crippen molar-refractivity contribution in [1.82, 2.24) is 29.3 Å². The fourth-order valence-electron chi connectivity index (χ4n) is 2.82. The first kappa shape index (κ1) is 16.8. The van der Waals surface area contributed by atoms with E-state index in [9.17, 15) is 4.79 Å². The van der Waals surface area contributed by atoms with E-state index in [1.54, 1.807) is 7.05 Å². The van der Waals surface area contributed by atoms with E-state index in [4.69, 9.17) is 4.52 Å². The molecular formula is C17H18N6O2S. The molecule has 0 fully saturated rings. The van der Waals surface area contributed by atoms with E-state index in [-0.39, 0.29) is 5.56 Å². The first-order chi connectivity index (χ1) is 12.7. The molecule has 3 heterocycles. The molecule has 0 saturated carbocycles. The molecule has 0 unspecified atom stereocenters. The lowest BCUT2D eigenvalue weighted by Crippen LogP contribution is -2.20. The van der Waals surface area contributed by atoms with Crippen molar-refractivity contribution in [2.45, 2.75) is 37.1 Å². The Balaban J connectivity index is 1.67. The zero-order chi connectivity index (χ0) is 18.1. The van der Waals surface area contributed by atoms with Crippen LogP contribution in [0.2, 0.25) is 0 Å². The number of para-hydroxylation sites is 1. The molecule has 4 rings (SSSR count). The first-order valence-electron chi connectivity index (χ1n) is 8.46. The van der Waals surface area contributed by atoms with Crippen LogP contribution in [0.5, 0.6) is 0 Å². The molecule has 1 aromatic carbocycles. The van der Waals surface area contributed by atoms with Gasteiger partial charge in [0, 0.05) is 13.5 Å². The van der Waals surface area contributed by atoms with Gasteiger partial charge in [-0.1, -0.05) is 42.4 Å². The van der Waals surface area contributed by atoms with Crippen LogP contribution in [0, 0.1) is 0 Å². The molecule has 134 valence electrons. The minimum atomic E-state index is -0.0884. The maximum absolute atomic E-state index is 12.5. The highest BCUT2D eigenvalue weighted by atomic mass is 32.2. The van der Waals surface area contributed by atoms with Gasteiger partial charge in [0.2, 0.25) is 11.7 Å². The van der Waals surface area contributed by atoms with Crippen molar-refractivity contribution < 1.29 is 4.52 Å². The summed E-state index contributed by atoms with van der Waals surface area (Å²) in [6.07, 6.45) is 2.96. The molecule has 26 heavy (non-hydrogen) atoms. The largest absolute Gasteiger partial charge is 0.338 e. The van der Waals surface area contributed by atoms with Crippen molar-refractivity contribution in [2.24, 2.45) is 7.05 Å². The lowest BCUT2D eigenvalue weighted by Gasteiger charge is -2.06. The summed E-state index contributed by atoms with van der Waals surface area (Å²) in [6, 6.07) is 7.45. The Morgan fingerprint density at radius 2 is 2.08 bits per heavy atom. The molecule has 8 nitrogen and oxygen atoms in total. The molecule has 9 heteroatoms. The molecule has 3 aromatic heterocycles. The van der Waals surface area contributed by atoms with E-state index in [2.05, 4.69) is 27.3 Å². The average molecular weight is 370 g/mol. The normalized spacial score (nSPS) is 11.6. The topological polar surface area (TPSA) is 91.1 Å². The molecule has 0 bridgehead atoms. The van der Waals surface area contributed by atoms with Gasteiger partial charge in [-0.2, -0.15) is 4.98 Å². The van der Waals surface area contributed by atoms with E-state index in [0.29, 0.717) is 28.0 Å². The highest BCUT2D eigenvalue weighted by Crippen LogP contribution is 2.24. The summed E-state index contributed by atoms with van der Waals surface area (Å²) in [5.74, 6) is 2.30. The Morgan fingerprint density at radius 3 is 2.92 bits per heavy atom. The Hall–Kier alpha value is -2.68. The fourth-order valence-corrected chi connectivity index (χ4v) is 3.59. The van der Waals surface area contributed by atoms with Crippen LogP contribution in [-0.2, 0) is 19.2 Å². The maximum Gasteiger partial charge on any atom is 0.262 e. The number of benzene rings is 1. The predicted octanol–water partition coefficient (Wildman–Crippen LogP) is 2.60. The molecule has 0 aliphatic rings. The van der Waals surface area contributed by atoms with E-state index in [0.717, 1.165) is 30.6 Å². The number of hydrogen-bond donors (Lipinski definition) is 0. The van der Waals surface area contributed by atoms with Crippen molar-refractivity contribution in [3.8, 4) is 0 Å².